The summed E-state index contributed by atoms with van der Waals surface area (Å²) in [6.45, 7) is 9.75. The fourth-order valence-corrected chi connectivity index (χ4v) is 4.17. The number of unbranched alkanes of at least 4 members (excludes halogenated alkanes) is 3. The van der Waals surface area contributed by atoms with Crippen molar-refractivity contribution in [3.8, 4) is 0 Å². The fraction of sp³-hybridized carbons (Fsp3) is 0.950. The van der Waals surface area contributed by atoms with Gasteiger partial charge in [-0.05, 0) is 52.1 Å². The Hall–Kier alpha value is -0.810. The first kappa shape index (κ1) is 20.5. The van der Waals surface area contributed by atoms with E-state index < -0.39 is 0 Å². The minimum atomic E-state index is 0.247. The van der Waals surface area contributed by atoms with Crippen molar-refractivity contribution >= 4 is 5.96 Å². The SMILES string of the molecule is CCCCCCC(C)NC(=NC)NCC1(N2CCCC2)CCOCC1. The van der Waals surface area contributed by atoms with Crippen molar-refractivity contribution < 1.29 is 4.74 Å². The summed E-state index contributed by atoms with van der Waals surface area (Å²) < 4.78 is 5.65. The van der Waals surface area contributed by atoms with Gasteiger partial charge in [-0.2, -0.15) is 0 Å². The van der Waals surface area contributed by atoms with Gasteiger partial charge < -0.3 is 15.4 Å². The maximum absolute atomic E-state index is 5.65. The number of nitrogens with zero attached hydrogens (tertiary/aromatic N) is 2. The second kappa shape index (κ2) is 11.0. The molecule has 0 bridgehead atoms. The van der Waals surface area contributed by atoms with Crippen LogP contribution in [0.3, 0.4) is 0 Å². The summed E-state index contributed by atoms with van der Waals surface area (Å²) in [7, 11) is 1.88. The zero-order chi connectivity index (χ0) is 18.0. The van der Waals surface area contributed by atoms with E-state index in [0.29, 0.717) is 6.04 Å². The van der Waals surface area contributed by atoms with Crippen LogP contribution in [0, 0.1) is 0 Å². The molecular formula is C20H40N4O. The first-order chi connectivity index (χ1) is 12.2. The molecule has 2 heterocycles. The Bertz CT molecular complexity index is 387. The molecule has 0 aromatic rings. The van der Waals surface area contributed by atoms with Gasteiger partial charge in [0.05, 0.1) is 0 Å². The van der Waals surface area contributed by atoms with Gasteiger partial charge in [-0.15, -0.1) is 0 Å². The Kier molecular flexibility index (Phi) is 9.04. The van der Waals surface area contributed by atoms with Crippen LogP contribution in [0.1, 0.15) is 71.6 Å². The van der Waals surface area contributed by atoms with Crippen molar-refractivity contribution in [2.24, 2.45) is 4.99 Å². The van der Waals surface area contributed by atoms with Crippen LogP contribution in [0.25, 0.3) is 0 Å². The predicted molar refractivity (Wildman–Crippen MR) is 106 cm³/mol. The number of aliphatic imine (C=N–C) groups is 1. The third-order valence-electron chi connectivity index (χ3n) is 5.88. The highest BCUT2D eigenvalue weighted by molar-refractivity contribution is 5.80. The fourth-order valence-electron chi connectivity index (χ4n) is 4.17. The van der Waals surface area contributed by atoms with Crippen molar-refractivity contribution in [1.82, 2.24) is 15.5 Å². The van der Waals surface area contributed by atoms with Crippen LogP contribution in [0.15, 0.2) is 4.99 Å². The van der Waals surface area contributed by atoms with Crippen LogP contribution in [0.2, 0.25) is 0 Å². The number of rotatable bonds is 9. The number of ether oxygens (including phenoxy) is 1. The van der Waals surface area contributed by atoms with Gasteiger partial charge in [0.15, 0.2) is 5.96 Å². The molecule has 0 radical (unpaired) electrons. The lowest BCUT2D eigenvalue weighted by Gasteiger charge is -2.45. The lowest BCUT2D eigenvalue weighted by molar-refractivity contribution is -0.0164. The minimum absolute atomic E-state index is 0.247. The van der Waals surface area contributed by atoms with Crippen LogP contribution < -0.4 is 10.6 Å². The Morgan fingerprint density at radius 2 is 1.88 bits per heavy atom. The average molecular weight is 353 g/mol. The number of likely N-dealkylation sites (tertiary alicyclic amines) is 1. The smallest absolute Gasteiger partial charge is 0.191 e. The molecule has 5 heteroatoms. The number of hydrogen-bond donors (Lipinski definition) is 2. The van der Waals surface area contributed by atoms with Gasteiger partial charge in [0.1, 0.15) is 0 Å². The summed E-state index contributed by atoms with van der Waals surface area (Å²) in [6, 6.07) is 0.473. The van der Waals surface area contributed by atoms with Crippen molar-refractivity contribution in [3.63, 3.8) is 0 Å². The molecule has 0 saturated carbocycles. The molecule has 2 fully saturated rings. The van der Waals surface area contributed by atoms with E-state index in [-0.39, 0.29) is 5.54 Å². The molecule has 5 nitrogen and oxygen atoms in total. The van der Waals surface area contributed by atoms with Gasteiger partial charge in [-0.1, -0.05) is 32.6 Å². The van der Waals surface area contributed by atoms with Gasteiger partial charge in [0.25, 0.3) is 0 Å². The van der Waals surface area contributed by atoms with Crippen molar-refractivity contribution in [2.45, 2.75) is 83.2 Å². The maximum atomic E-state index is 5.65. The summed E-state index contributed by atoms with van der Waals surface area (Å²) in [6.07, 6.45) is 11.4. The summed E-state index contributed by atoms with van der Waals surface area (Å²) in [4.78, 5) is 7.16. The molecule has 2 aliphatic heterocycles. The molecule has 0 aromatic heterocycles. The molecule has 0 spiro atoms. The predicted octanol–water partition coefficient (Wildman–Crippen LogP) is 3.16. The third kappa shape index (κ3) is 6.45. The Morgan fingerprint density at radius 1 is 1.16 bits per heavy atom. The third-order valence-corrected chi connectivity index (χ3v) is 5.88. The normalized spacial score (nSPS) is 22.8. The first-order valence-electron chi connectivity index (χ1n) is 10.5. The van der Waals surface area contributed by atoms with Crippen molar-refractivity contribution in [1.29, 1.82) is 0 Å². The minimum Gasteiger partial charge on any atom is -0.381 e. The van der Waals surface area contributed by atoms with Gasteiger partial charge in [0.2, 0.25) is 0 Å². The van der Waals surface area contributed by atoms with Crippen molar-refractivity contribution in [3.05, 3.63) is 0 Å². The summed E-state index contributed by atoms with van der Waals surface area (Å²) in [5.41, 5.74) is 0.247. The zero-order valence-corrected chi connectivity index (χ0v) is 16.8. The van der Waals surface area contributed by atoms with Gasteiger partial charge in [-0.25, -0.2) is 0 Å². The van der Waals surface area contributed by atoms with Gasteiger partial charge in [-0.3, -0.25) is 9.89 Å². The maximum Gasteiger partial charge on any atom is 0.191 e. The Morgan fingerprint density at radius 3 is 2.52 bits per heavy atom. The molecule has 25 heavy (non-hydrogen) atoms. The molecule has 146 valence electrons. The van der Waals surface area contributed by atoms with Gasteiger partial charge >= 0.3 is 0 Å². The Labute approximate surface area is 155 Å². The van der Waals surface area contributed by atoms with Crippen LogP contribution >= 0.6 is 0 Å². The molecule has 0 aliphatic carbocycles. The van der Waals surface area contributed by atoms with Crippen LogP contribution in [-0.2, 0) is 4.74 Å². The molecule has 0 aromatic carbocycles. The molecule has 1 atom stereocenters. The van der Waals surface area contributed by atoms with E-state index in [1.165, 1.54) is 58.0 Å². The second-order valence-electron chi connectivity index (χ2n) is 7.85. The van der Waals surface area contributed by atoms with E-state index in [0.717, 1.165) is 38.6 Å². The van der Waals surface area contributed by atoms with Gasteiger partial charge in [0, 0.05) is 38.4 Å². The van der Waals surface area contributed by atoms with Crippen LogP contribution in [0.4, 0.5) is 0 Å². The first-order valence-corrected chi connectivity index (χ1v) is 10.5. The average Bonchev–Trinajstić information content (AvgIpc) is 3.18. The molecule has 0 amide bonds. The van der Waals surface area contributed by atoms with E-state index in [1.807, 2.05) is 7.05 Å². The molecule has 1 unspecified atom stereocenters. The standard InChI is InChI=1S/C20H40N4O/c1-4-5-6-7-10-18(2)23-19(21-3)22-17-20(11-15-25-16-12-20)24-13-8-9-14-24/h18H,4-17H2,1-3H3,(H2,21,22,23). The van der Waals surface area contributed by atoms with E-state index in [4.69, 9.17) is 4.74 Å². The molecule has 2 rings (SSSR count). The quantitative estimate of drug-likeness (QED) is 0.380. The van der Waals surface area contributed by atoms with E-state index >= 15 is 0 Å². The number of hydrogen-bond acceptors (Lipinski definition) is 3. The molecule has 2 saturated heterocycles. The molecular weight excluding hydrogens is 312 g/mol. The topological polar surface area (TPSA) is 48.9 Å². The van der Waals surface area contributed by atoms with E-state index in [2.05, 4.69) is 34.4 Å². The number of guanidine groups is 1. The molecule has 2 aliphatic rings. The summed E-state index contributed by atoms with van der Waals surface area (Å²) in [5.74, 6) is 0.952. The van der Waals surface area contributed by atoms with Crippen LogP contribution in [-0.4, -0.2) is 62.3 Å². The highest BCUT2D eigenvalue weighted by Crippen LogP contribution is 2.30. The van der Waals surface area contributed by atoms with E-state index in [1.54, 1.807) is 0 Å². The summed E-state index contributed by atoms with van der Waals surface area (Å²) in [5, 5.41) is 7.21. The highest BCUT2D eigenvalue weighted by Gasteiger charge is 2.39. The lowest BCUT2D eigenvalue weighted by atomic mass is 9.88. The zero-order valence-electron chi connectivity index (χ0n) is 16.8. The monoisotopic (exact) mass is 352 g/mol. The number of nitrogens with one attached hydrogen (secondary N) is 2. The van der Waals surface area contributed by atoms with Crippen LogP contribution in [0.5, 0.6) is 0 Å². The summed E-state index contributed by atoms with van der Waals surface area (Å²) >= 11 is 0. The Balaban J connectivity index is 1.80. The molecule has 2 N–H and O–H groups in total. The van der Waals surface area contributed by atoms with Crippen molar-refractivity contribution in [2.75, 3.05) is 39.9 Å². The van der Waals surface area contributed by atoms with E-state index in [9.17, 15) is 0 Å². The lowest BCUT2D eigenvalue weighted by Crippen LogP contribution is -2.59. The second-order valence-corrected chi connectivity index (χ2v) is 7.85. The largest absolute Gasteiger partial charge is 0.381 e. The highest BCUT2D eigenvalue weighted by atomic mass is 16.5.